The molecule has 1 aliphatic rings. The minimum Gasteiger partial charge on any atom is -0.497 e. The topological polar surface area (TPSA) is 64.1 Å². The number of thiazole rings is 1. The molecule has 1 aliphatic heterocycles. The third-order valence-corrected chi connectivity index (χ3v) is 7.06. The van der Waals surface area contributed by atoms with E-state index < -0.39 is 0 Å². The van der Waals surface area contributed by atoms with E-state index in [1.165, 1.54) is 5.56 Å². The van der Waals surface area contributed by atoms with Crippen molar-refractivity contribution in [3.8, 4) is 11.5 Å². The first-order chi connectivity index (χ1) is 16.0. The molecule has 3 aromatic rings. The number of fused-ring (bicyclic) bond motifs is 1. The quantitative estimate of drug-likeness (QED) is 0.471. The Labute approximate surface area is 198 Å². The van der Waals surface area contributed by atoms with Gasteiger partial charge in [-0.05, 0) is 55.7 Å². The highest BCUT2D eigenvalue weighted by Crippen LogP contribution is 2.33. The van der Waals surface area contributed by atoms with Gasteiger partial charge < -0.3 is 14.2 Å². The summed E-state index contributed by atoms with van der Waals surface area (Å²) in [5.74, 6) is 1.29. The Balaban J connectivity index is 1.49. The van der Waals surface area contributed by atoms with Crippen LogP contribution in [0.1, 0.15) is 17.5 Å². The van der Waals surface area contributed by atoms with Gasteiger partial charge in [0.1, 0.15) is 11.5 Å². The third kappa shape index (κ3) is 5.82. The molecule has 176 valence electrons. The Bertz CT molecular complexity index is 1040. The van der Waals surface area contributed by atoms with Crippen LogP contribution in [0.3, 0.4) is 0 Å². The Morgan fingerprint density at radius 2 is 1.79 bits per heavy atom. The van der Waals surface area contributed by atoms with Gasteiger partial charge in [0, 0.05) is 26.2 Å². The zero-order valence-corrected chi connectivity index (χ0v) is 20.3. The predicted molar refractivity (Wildman–Crippen MR) is 132 cm³/mol. The van der Waals surface area contributed by atoms with Gasteiger partial charge in [0.15, 0.2) is 11.7 Å². The van der Waals surface area contributed by atoms with Crippen LogP contribution >= 0.6 is 11.3 Å². The van der Waals surface area contributed by atoms with Crippen molar-refractivity contribution in [3.05, 3.63) is 47.5 Å². The van der Waals surface area contributed by atoms with Gasteiger partial charge in [-0.1, -0.05) is 23.5 Å². The summed E-state index contributed by atoms with van der Waals surface area (Å²) in [6.45, 7) is 9.04. The maximum atomic E-state index is 13.3. The van der Waals surface area contributed by atoms with Gasteiger partial charge in [0.2, 0.25) is 0 Å². The Hall–Kier alpha value is -2.68. The molecule has 0 N–H and O–H groups in total. The average molecular weight is 470 g/mol. The lowest BCUT2D eigenvalue weighted by Crippen LogP contribution is -2.40. The van der Waals surface area contributed by atoms with E-state index in [-0.39, 0.29) is 12.5 Å². The second-order valence-electron chi connectivity index (χ2n) is 8.19. The van der Waals surface area contributed by atoms with Gasteiger partial charge in [-0.3, -0.25) is 14.6 Å². The van der Waals surface area contributed by atoms with Crippen LogP contribution in [0, 0.1) is 13.8 Å². The van der Waals surface area contributed by atoms with E-state index in [2.05, 4.69) is 30.9 Å². The molecule has 8 heteroatoms. The van der Waals surface area contributed by atoms with E-state index >= 15 is 0 Å². The van der Waals surface area contributed by atoms with Gasteiger partial charge in [0.05, 0.1) is 30.5 Å². The smallest absolute Gasteiger partial charge is 0.266 e. The predicted octanol–water partition coefficient (Wildman–Crippen LogP) is 4.06. The number of amides is 1. The fourth-order valence-electron chi connectivity index (χ4n) is 3.86. The lowest BCUT2D eigenvalue weighted by molar-refractivity contribution is -0.120. The number of carbonyl (C=O) groups excluding carboxylic acids is 1. The fraction of sp³-hybridized carbons (Fsp3) is 0.440. The summed E-state index contributed by atoms with van der Waals surface area (Å²) in [6, 6.07) is 11.4. The zero-order chi connectivity index (χ0) is 23.2. The van der Waals surface area contributed by atoms with Crippen molar-refractivity contribution in [2.75, 3.05) is 58.0 Å². The van der Waals surface area contributed by atoms with Gasteiger partial charge in [0.25, 0.3) is 5.91 Å². The lowest BCUT2D eigenvalue weighted by atomic mass is 10.1. The lowest BCUT2D eigenvalue weighted by Gasteiger charge is -2.27. The van der Waals surface area contributed by atoms with Crippen molar-refractivity contribution in [2.24, 2.45) is 0 Å². The number of hydrogen-bond donors (Lipinski definition) is 0. The monoisotopic (exact) mass is 469 g/mol. The van der Waals surface area contributed by atoms with Crippen molar-refractivity contribution in [2.45, 2.75) is 20.3 Å². The van der Waals surface area contributed by atoms with Crippen LogP contribution in [0.4, 0.5) is 5.13 Å². The Kier molecular flexibility index (Phi) is 7.80. The number of methoxy groups -OCH3 is 1. The van der Waals surface area contributed by atoms with Crippen LogP contribution in [0.2, 0.25) is 0 Å². The molecule has 0 atom stereocenters. The Morgan fingerprint density at radius 3 is 2.48 bits per heavy atom. The summed E-state index contributed by atoms with van der Waals surface area (Å²) in [4.78, 5) is 22.3. The van der Waals surface area contributed by atoms with E-state index in [0.29, 0.717) is 12.3 Å². The first kappa shape index (κ1) is 23.5. The minimum absolute atomic E-state index is 0.0439. The molecule has 2 aromatic carbocycles. The van der Waals surface area contributed by atoms with Crippen molar-refractivity contribution < 1.29 is 19.0 Å². The third-order valence-electron chi connectivity index (χ3n) is 5.84. The van der Waals surface area contributed by atoms with Crippen molar-refractivity contribution in [1.29, 1.82) is 0 Å². The van der Waals surface area contributed by atoms with Crippen molar-refractivity contribution in [3.63, 3.8) is 0 Å². The molecule has 1 amide bonds. The molecule has 1 fully saturated rings. The van der Waals surface area contributed by atoms with E-state index in [4.69, 9.17) is 19.2 Å². The molecule has 1 aromatic heterocycles. The number of benzene rings is 2. The molecule has 0 radical (unpaired) electrons. The summed E-state index contributed by atoms with van der Waals surface area (Å²) in [6.07, 6.45) is 0.863. The summed E-state index contributed by atoms with van der Waals surface area (Å²) >= 11 is 1.58. The van der Waals surface area contributed by atoms with Crippen LogP contribution in [-0.2, 0) is 9.53 Å². The number of morpholine rings is 1. The molecule has 0 spiro atoms. The molecule has 4 rings (SSSR count). The molecular formula is C25H31N3O4S. The number of aryl methyl sites for hydroxylation is 2. The van der Waals surface area contributed by atoms with Crippen LogP contribution in [-0.4, -0.2) is 68.9 Å². The van der Waals surface area contributed by atoms with Gasteiger partial charge in [-0.25, -0.2) is 4.98 Å². The normalized spacial score (nSPS) is 14.4. The molecule has 0 unspecified atom stereocenters. The molecule has 0 aliphatic carbocycles. The van der Waals surface area contributed by atoms with E-state index in [1.54, 1.807) is 35.5 Å². The Morgan fingerprint density at radius 1 is 1.09 bits per heavy atom. The highest BCUT2D eigenvalue weighted by molar-refractivity contribution is 7.22. The van der Waals surface area contributed by atoms with E-state index in [9.17, 15) is 4.79 Å². The molecule has 0 bridgehead atoms. The summed E-state index contributed by atoms with van der Waals surface area (Å²) in [7, 11) is 1.62. The van der Waals surface area contributed by atoms with E-state index in [0.717, 1.165) is 65.9 Å². The number of nitrogens with zero attached hydrogens (tertiary/aromatic N) is 3. The first-order valence-corrected chi connectivity index (χ1v) is 12.1. The summed E-state index contributed by atoms with van der Waals surface area (Å²) < 4.78 is 17.5. The zero-order valence-electron chi connectivity index (χ0n) is 19.5. The second kappa shape index (κ2) is 11.0. The summed E-state index contributed by atoms with van der Waals surface area (Å²) in [5, 5.41) is 0.729. The SMILES string of the molecule is COc1ccc(OCC(=O)N(CCCN2CCOCC2)c2nc3c(C)ccc(C)c3s2)cc1. The first-order valence-electron chi connectivity index (χ1n) is 11.3. The maximum Gasteiger partial charge on any atom is 0.266 e. The molecule has 2 heterocycles. The van der Waals surface area contributed by atoms with Gasteiger partial charge >= 0.3 is 0 Å². The number of aromatic nitrogens is 1. The number of anilines is 1. The van der Waals surface area contributed by atoms with Crippen LogP contribution < -0.4 is 14.4 Å². The number of carbonyl (C=O) groups is 1. The molecule has 1 saturated heterocycles. The molecular weight excluding hydrogens is 438 g/mol. The highest BCUT2D eigenvalue weighted by Gasteiger charge is 2.22. The van der Waals surface area contributed by atoms with Gasteiger partial charge in [-0.15, -0.1) is 0 Å². The molecule has 33 heavy (non-hydrogen) atoms. The minimum atomic E-state index is -0.0952. The van der Waals surface area contributed by atoms with Crippen LogP contribution in [0.5, 0.6) is 11.5 Å². The number of rotatable bonds is 9. The average Bonchev–Trinajstić information content (AvgIpc) is 3.30. The van der Waals surface area contributed by atoms with Crippen molar-refractivity contribution >= 4 is 32.6 Å². The van der Waals surface area contributed by atoms with Gasteiger partial charge in [-0.2, -0.15) is 0 Å². The highest BCUT2D eigenvalue weighted by atomic mass is 32.1. The largest absolute Gasteiger partial charge is 0.497 e. The molecule has 7 nitrogen and oxygen atoms in total. The van der Waals surface area contributed by atoms with Crippen LogP contribution in [0.15, 0.2) is 36.4 Å². The van der Waals surface area contributed by atoms with E-state index in [1.807, 2.05) is 12.1 Å². The van der Waals surface area contributed by atoms with Crippen molar-refractivity contribution in [1.82, 2.24) is 9.88 Å². The fourth-order valence-corrected chi connectivity index (χ4v) is 5.02. The standard InChI is InChI=1S/C25H31N3O4S/c1-18-5-6-19(2)24-23(18)26-25(33-24)28(12-4-11-27-13-15-31-16-14-27)22(29)17-32-21-9-7-20(30-3)8-10-21/h5-10H,4,11-17H2,1-3H3. The number of ether oxygens (including phenoxy) is 3. The van der Waals surface area contributed by atoms with Crippen LogP contribution in [0.25, 0.3) is 10.2 Å². The summed E-state index contributed by atoms with van der Waals surface area (Å²) in [5.41, 5.74) is 3.26. The second-order valence-corrected chi connectivity index (χ2v) is 9.17. The number of hydrogen-bond acceptors (Lipinski definition) is 7. The molecule has 0 saturated carbocycles. The maximum absolute atomic E-state index is 13.3.